The van der Waals surface area contributed by atoms with Crippen LogP contribution in [0.1, 0.15) is 5.56 Å². The number of ether oxygens (including phenoxy) is 1. The molecule has 0 aliphatic carbocycles. The Morgan fingerprint density at radius 2 is 1.87 bits per heavy atom. The summed E-state index contributed by atoms with van der Waals surface area (Å²) in [5.74, 6) is -0.898. The molecule has 2 rings (SSSR count). The number of nitrogens with one attached hydrogen (secondary N) is 2. The molecule has 0 aromatic heterocycles. The summed E-state index contributed by atoms with van der Waals surface area (Å²) in [6.45, 7) is 0.206. The van der Waals surface area contributed by atoms with Crippen LogP contribution < -0.4 is 15.4 Å². The van der Waals surface area contributed by atoms with Crippen molar-refractivity contribution in [1.29, 1.82) is 0 Å². The van der Waals surface area contributed by atoms with E-state index >= 15 is 0 Å². The SMILES string of the molecule is COc1cccc(CNC(=O)C(=O)Nc2ccc(Cl)cc2Cl)c1. The van der Waals surface area contributed by atoms with E-state index in [1.54, 1.807) is 31.4 Å². The molecule has 0 saturated carbocycles. The fourth-order valence-corrected chi connectivity index (χ4v) is 2.27. The van der Waals surface area contributed by atoms with Gasteiger partial charge in [-0.3, -0.25) is 9.59 Å². The molecule has 0 saturated heterocycles. The molecule has 0 unspecified atom stereocenters. The Morgan fingerprint density at radius 3 is 2.57 bits per heavy atom. The second-order valence-corrected chi connectivity index (χ2v) is 5.46. The largest absolute Gasteiger partial charge is 0.497 e. The molecule has 2 aromatic carbocycles. The number of hydrogen-bond donors (Lipinski definition) is 2. The van der Waals surface area contributed by atoms with E-state index in [1.807, 2.05) is 6.07 Å². The Labute approximate surface area is 143 Å². The van der Waals surface area contributed by atoms with Crippen molar-refractivity contribution in [2.45, 2.75) is 6.54 Å². The number of hydrogen-bond acceptors (Lipinski definition) is 3. The maximum atomic E-state index is 11.9. The summed E-state index contributed by atoms with van der Waals surface area (Å²) in [6, 6.07) is 11.8. The van der Waals surface area contributed by atoms with Gasteiger partial charge in [-0.25, -0.2) is 0 Å². The molecule has 0 aliphatic rings. The average molecular weight is 353 g/mol. The van der Waals surface area contributed by atoms with Crippen molar-refractivity contribution < 1.29 is 14.3 Å². The standard InChI is InChI=1S/C16H14Cl2N2O3/c1-23-12-4-2-3-10(7-12)9-19-15(21)16(22)20-14-6-5-11(17)8-13(14)18/h2-8H,9H2,1H3,(H,19,21)(H,20,22). The smallest absolute Gasteiger partial charge is 0.313 e. The van der Waals surface area contributed by atoms with E-state index in [1.165, 1.54) is 12.1 Å². The number of halogens is 2. The third-order valence-corrected chi connectivity index (χ3v) is 3.52. The van der Waals surface area contributed by atoms with Crippen LogP contribution in [0.4, 0.5) is 5.69 Å². The van der Waals surface area contributed by atoms with E-state index in [0.29, 0.717) is 16.5 Å². The van der Waals surface area contributed by atoms with Gasteiger partial charge in [-0.15, -0.1) is 0 Å². The van der Waals surface area contributed by atoms with Gasteiger partial charge in [-0.05, 0) is 35.9 Å². The third-order valence-electron chi connectivity index (χ3n) is 2.97. The summed E-state index contributed by atoms with van der Waals surface area (Å²) in [5, 5.41) is 5.65. The number of rotatable bonds is 4. The highest BCUT2D eigenvalue weighted by Gasteiger charge is 2.15. The summed E-state index contributed by atoms with van der Waals surface area (Å²) >= 11 is 11.7. The lowest BCUT2D eigenvalue weighted by Gasteiger charge is -2.09. The first-order chi connectivity index (χ1) is 11.0. The van der Waals surface area contributed by atoms with E-state index < -0.39 is 11.8 Å². The molecule has 7 heteroatoms. The Balaban J connectivity index is 1.93. The first-order valence-electron chi connectivity index (χ1n) is 6.67. The van der Waals surface area contributed by atoms with Crippen LogP contribution in [-0.2, 0) is 16.1 Å². The molecule has 2 amide bonds. The van der Waals surface area contributed by atoms with Gasteiger partial charge in [-0.1, -0.05) is 35.3 Å². The third kappa shape index (κ3) is 4.87. The van der Waals surface area contributed by atoms with Gasteiger partial charge >= 0.3 is 11.8 Å². The van der Waals surface area contributed by atoms with Crippen LogP contribution in [0.25, 0.3) is 0 Å². The molecule has 2 N–H and O–H groups in total. The molecule has 0 fully saturated rings. The molecule has 0 spiro atoms. The fourth-order valence-electron chi connectivity index (χ4n) is 1.81. The monoisotopic (exact) mass is 352 g/mol. The molecule has 2 aromatic rings. The molecule has 0 heterocycles. The Kier molecular flexibility index (Phi) is 5.84. The van der Waals surface area contributed by atoms with Crippen molar-refractivity contribution in [3.05, 3.63) is 58.1 Å². The quantitative estimate of drug-likeness (QED) is 0.830. The highest BCUT2D eigenvalue weighted by molar-refractivity contribution is 6.42. The van der Waals surface area contributed by atoms with Gasteiger partial charge in [0, 0.05) is 11.6 Å². The lowest BCUT2D eigenvalue weighted by atomic mass is 10.2. The van der Waals surface area contributed by atoms with Crippen LogP contribution >= 0.6 is 23.2 Å². The zero-order valence-corrected chi connectivity index (χ0v) is 13.7. The maximum Gasteiger partial charge on any atom is 0.313 e. The number of carbonyl (C=O) groups is 2. The number of carbonyl (C=O) groups excluding carboxylic acids is 2. The minimum atomic E-state index is -0.808. The summed E-state index contributed by atoms with van der Waals surface area (Å²) < 4.78 is 5.09. The van der Waals surface area contributed by atoms with Crippen LogP contribution in [0, 0.1) is 0 Å². The van der Waals surface area contributed by atoms with E-state index in [-0.39, 0.29) is 11.6 Å². The van der Waals surface area contributed by atoms with Gasteiger partial charge in [0.1, 0.15) is 5.75 Å². The highest BCUT2D eigenvalue weighted by atomic mass is 35.5. The maximum absolute atomic E-state index is 11.9. The lowest BCUT2D eigenvalue weighted by molar-refractivity contribution is -0.136. The van der Waals surface area contributed by atoms with Crippen LogP contribution in [0.15, 0.2) is 42.5 Å². The van der Waals surface area contributed by atoms with Crippen LogP contribution in [-0.4, -0.2) is 18.9 Å². The predicted octanol–water partition coefficient (Wildman–Crippen LogP) is 3.26. The Bertz CT molecular complexity index is 735. The van der Waals surface area contributed by atoms with Crippen molar-refractivity contribution in [2.75, 3.05) is 12.4 Å². The highest BCUT2D eigenvalue weighted by Crippen LogP contribution is 2.25. The Morgan fingerprint density at radius 1 is 1.09 bits per heavy atom. The van der Waals surface area contributed by atoms with E-state index in [4.69, 9.17) is 27.9 Å². The normalized spacial score (nSPS) is 10.0. The van der Waals surface area contributed by atoms with Gasteiger partial charge in [0.25, 0.3) is 0 Å². The minimum absolute atomic E-state index is 0.206. The van der Waals surface area contributed by atoms with E-state index in [9.17, 15) is 9.59 Å². The van der Waals surface area contributed by atoms with Gasteiger partial charge in [0.15, 0.2) is 0 Å². The Hall–Kier alpha value is -2.24. The van der Waals surface area contributed by atoms with Crippen molar-refractivity contribution in [2.24, 2.45) is 0 Å². The van der Waals surface area contributed by atoms with Crippen LogP contribution in [0.2, 0.25) is 10.0 Å². The molecule has 0 aliphatic heterocycles. The molecular formula is C16H14Cl2N2O3. The predicted molar refractivity (Wildman–Crippen MR) is 89.9 cm³/mol. The van der Waals surface area contributed by atoms with Crippen LogP contribution in [0.5, 0.6) is 5.75 Å². The van der Waals surface area contributed by atoms with Crippen molar-refractivity contribution in [3.63, 3.8) is 0 Å². The zero-order chi connectivity index (χ0) is 16.8. The summed E-state index contributed by atoms with van der Waals surface area (Å²) in [4.78, 5) is 23.7. The van der Waals surface area contributed by atoms with E-state index in [2.05, 4.69) is 10.6 Å². The molecular weight excluding hydrogens is 339 g/mol. The summed E-state index contributed by atoms with van der Waals surface area (Å²) in [5.41, 5.74) is 1.13. The van der Waals surface area contributed by atoms with Crippen molar-refractivity contribution >= 4 is 40.7 Å². The number of anilines is 1. The lowest BCUT2D eigenvalue weighted by Crippen LogP contribution is -2.35. The first kappa shape index (κ1) is 17.1. The van der Waals surface area contributed by atoms with Gasteiger partial charge < -0.3 is 15.4 Å². The number of methoxy groups -OCH3 is 1. The molecule has 23 heavy (non-hydrogen) atoms. The summed E-state index contributed by atoms with van der Waals surface area (Å²) in [7, 11) is 1.56. The molecule has 0 atom stereocenters. The van der Waals surface area contributed by atoms with Crippen molar-refractivity contribution in [3.8, 4) is 5.75 Å². The average Bonchev–Trinajstić information content (AvgIpc) is 2.55. The van der Waals surface area contributed by atoms with Gasteiger partial charge in [0.05, 0.1) is 17.8 Å². The zero-order valence-electron chi connectivity index (χ0n) is 12.2. The fraction of sp³-hybridized carbons (Fsp3) is 0.125. The molecule has 0 bridgehead atoms. The molecule has 5 nitrogen and oxygen atoms in total. The summed E-state index contributed by atoms with van der Waals surface area (Å²) in [6.07, 6.45) is 0. The van der Waals surface area contributed by atoms with E-state index in [0.717, 1.165) is 5.56 Å². The van der Waals surface area contributed by atoms with Gasteiger partial charge in [-0.2, -0.15) is 0 Å². The minimum Gasteiger partial charge on any atom is -0.497 e. The van der Waals surface area contributed by atoms with Crippen molar-refractivity contribution in [1.82, 2.24) is 5.32 Å². The number of benzene rings is 2. The van der Waals surface area contributed by atoms with Gasteiger partial charge in [0.2, 0.25) is 0 Å². The second kappa shape index (κ2) is 7.85. The topological polar surface area (TPSA) is 67.4 Å². The number of amides is 2. The van der Waals surface area contributed by atoms with Crippen LogP contribution in [0.3, 0.4) is 0 Å². The molecule has 0 radical (unpaired) electrons. The first-order valence-corrected chi connectivity index (χ1v) is 7.42. The molecule has 120 valence electrons. The second-order valence-electron chi connectivity index (χ2n) is 4.61.